The van der Waals surface area contributed by atoms with Gasteiger partial charge in [-0.25, -0.2) is 9.78 Å². The second-order valence-corrected chi connectivity index (χ2v) is 8.40. The zero-order chi connectivity index (χ0) is 22.5. The van der Waals surface area contributed by atoms with Gasteiger partial charge >= 0.3 is 6.03 Å². The van der Waals surface area contributed by atoms with Crippen molar-refractivity contribution >= 4 is 28.9 Å². The number of carbonyl (C=O) groups excluding carboxylic acids is 2. The summed E-state index contributed by atoms with van der Waals surface area (Å²) in [5.41, 5.74) is 3.15. The standard InChI is InChI=1S/C25H31N5O2/c1-3-18(2)22(23(31)26-15-9-12-19-10-5-4-6-11-19)28-25(32)30-17-16-29-21-14-8-7-13-20(21)27-24(29)30/h4-8,10-11,13-14,18,22H,3,9,12,15-17H2,1-2H3,(H,26,31)(H,28,32)/t18?,22-/m0/s1. The van der Waals surface area contributed by atoms with E-state index in [1.807, 2.05) is 56.3 Å². The molecule has 2 atom stereocenters. The molecule has 0 saturated carbocycles. The normalized spacial score (nSPS) is 14.8. The number of hydrogen-bond acceptors (Lipinski definition) is 3. The summed E-state index contributed by atoms with van der Waals surface area (Å²) in [5.74, 6) is 0.526. The minimum absolute atomic E-state index is 0.0227. The highest BCUT2D eigenvalue weighted by Gasteiger charge is 2.32. The van der Waals surface area contributed by atoms with Gasteiger partial charge in [0.25, 0.3) is 0 Å². The first-order valence-corrected chi connectivity index (χ1v) is 11.4. The third-order valence-electron chi connectivity index (χ3n) is 6.23. The maximum absolute atomic E-state index is 13.1. The summed E-state index contributed by atoms with van der Waals surface area (Å²) >= 11 is 0. The van der Waals surface area contributed by atoms with E-state index < -0.39 is 6.04 Å². The number of fused-ring (bicyclic) bond motifs is 3. The Morgan fingerprint density at radius 3 is 2.59 bits per heavy atom. The first-order valence-electron chi connectivity index (χ1n) is 11.4. The maximum Gasteiger partial charge on any atom is 0.324 e. The molecule has 4 rings (SSSR count). The van der Waals surface area contributed by atoms with Gasteiger partial charge < -0.3 is 15.2 Å². The van der Waals surface area contributed by atoms with Crippen LogP contribution in [0.4, 0.5) is 10.7 Å². The second-order valence-electron chi connectivity index (χ2n) is 8.40. The van der Waals surface area contributed by atoms with Crippen molar-refractivity contribution in [1.29, 1.82) is 0 Å². The summed E-state index contributed by atoms with van der Waals surface area (Å²) in [5, 5.41) is 5.99. The van der Waals surface area contributed by atoms with Crippen LogP contribution in [0.5, 0.6) is 0 Å². The molecule has 1 aliphatic heterocycles. The van der Waals surface area contributed by atoms with Crippen LogP contribution in [0.2, 0.25) is 0 Å². The van der Waals surface area contributed by atoms with Crippen molar-refractivity contribution in [3.05, 3.63) is 60.2 Å². The molecule has 0 radical (unpaired) electrons. The van der Waals surface area contributed by atoms with Crippen LogP contribution in [0.3, 0.4) is 0 Å². The lowest BCUT2D eigenvalue weighted by Crippen LogP contribution is -2.54. The number of urea groups is 1. The van der Waals surface area contributed by atoms with E-state index in [9.17, 15) is 9.59 Å². The Labute approximate surface area is 188 Å². The zero-order valence-corrected chi connectivity index (χ0v) is 18.8. The van der Waals surface area contributed by atoms with Crippen LogP contribution < -0.4 is 15.5 Å². The molecule has 3 amide bonds. The monoisotopic (exact) mass is 433 g/mol. The maximum atomic E-state index is 13.1. The average Bonchev–Trinajstić information content (AvgIpc) is 3.39. The molecule has 7 heteroatoms. The SMILES string of the molecule is CCC(C)[C@H](NC(=O)N1CCn2c1nc1ccccc12)C(=O)NCCCc1ccccc1. The molecule has 1 unspecified atom stereocenters. The summed E-state index contributed by atoms with van der Waals surface area (Å²) in [6, 6.07) is 17.2. The molecule has 3 aromatic rings. The number of nitrogens with zero attached hydrogens (tertiary/aromatic N) is 3. The molecule has 168 valence electrons. The topological polar surface area (TPSA) is 79.3 Å². The van der Waals surface area contributed by atoms with Gasteiger partial charge in [0.2, 0.25) is 11.9 Å². The Hall–Kier alpha value is -3.35. The highest BCUT2D eigenvalue weighted by atomic mass is 16.2. The predicted molar refractivity (Wildman–Crippen MR) is 127 cm³/mol. The van der Waals surface area contributed by atoms with Gasteiger partial charge in [-0.3, -0.25) is 9.69 Å². The molecule has 1 aliphatic rings. The van der Waals surface area contributed by atoms with E-state index in [-0.39, 0.29) is 17.9 Å². The van der Waals surface area contributed by atoms with Crippen molar-refractivity contribution in [3.8, 4) is 0 Å². The van der Waals surface area contributed by atoms with Crippen LogP contribution in [0, 0.1) is 5.92 Å². The van der Waals surface area contributed by atoms with Crippen LogP contribution in [0.15, 0.2) is 54.6 Å². The fraction of sp³-hybridized carbons (Fsp3) is 0.400. The van der Waals surface area contributed by atoms with Gasteiger partial charge in [0, 0.05) is 19.6 Å². The van der Waals surface area contributed by atoms with Gasteiger partial charge in [-0.15, -0.1) is 0 Å². The summed E-state index contributed by atoms with van der Waals surface area (Å²) in [6.45, 7) is 5.85. The highest BCUT2D eigenvalue weighted by Crippen LogP contribution is 2.27. The van der Waals surface area contributed by atoms with Gasteiger partial charge in [-0.2, -0.15) is 0 Å². The molecule has 0 bridgehead atoms. The van der Waals surface area contributed by atoms with Gasteiger partial charge in [0.1, 0.15) is 6.04 Å². The molecular formula is C25H31N5O2. The second kappa shape index (κ2) is 9.85. The number of hydrogen-bond donors (Lipinski definition) is 2. The summed E-state index contributed by atoms with van der Waals surface area (Å²) < 4.78 is 2.05. The Morgan fingerprint density at radius 1 is 1.06 bits per heavy atom. The van der Waals surface area contributed by atoms with Crippen molar-refractivity contribution in [1.82, 2.24) is 20.2 Å². The number of benzene rings is 2. The van der Waals surface area contributed by atoms with E-state index in [0.29, 0.717) is 25.6 Å². The minimum Gasteiger partial charge on any atom is -0.354 e. The van der Waals surface area contributed by atoms with Crippen molar-refractivity contribution in [3.63, 3.8) is 0 Å². The van der Waals surface area contributed by atoms with Crippen LogP contribution in [0.1, 0.15) is 32.3 Å². The van der Waals surface area contributed by atoms with Crippen LogP contribution in [-0.4, -0.2) is 40.6 Å². The molecule has 2 aromatic carbocycles. The number of anilines is 1. The lowest BCUT2D eigenvalue weighted by atomic mass is 9.98. The van der Waals surface area contributed by atoms with Crippen molar-refractivity contribution < 1.29 is 9.59 Å². The van der Waals surface area contributed by atoms with Gasteiger partial charge in [-0.05, 0) is 36.5 Å². The average molecular weight is 434 g/mol. The fourth-order valence-corrected chi connectivity index (χ4v) is 4.15. The van der Waals surface area contributed by atoms with Crippen molar-refractivity contribution in [2.45, 2.75) is 45.7 Å². The van der Waals surface area contributed by atoms with E-state index >= 15 is 0 Å². The molecule has 0 spiro atoms. The van der Waals surface area contributed by atoms with Gasteiger partial charge in [0.15, 0.2) is 0 Å². The largest absolute Gasteiger partial charge is 0.354 e. The fourth-order valence-electron chi connectivity index (χ4n) is 4.15. The first kappa shape index (κ1) is 21.9. The lowest BCUT2D eigenvalue weighted by molar-refractivity contribution is -0.124. The van der Waals surface area contributed by atoms with E-state index in [2.05, 4.69) is 32.3 Å². The van der Waals surface area contributed by atoms with Crippen LogP contribution >= 0.6 is 0 Å². The van der Waals surface area contributed by atoms with E-state index in [1.165, 1.54) is 5.56 Å². The quantitative estimate of drug-likeness (QED) is 0.531. The molecule has 0 saturated heterocycles. The number of imidazole rings is 1. The molecule has 0 fully saturated rings. The number of carbonyl (C=O) groups is 2. The number of aryl methyl sites for hydroxylation is 1. The summed E-state index contributed by atoms with van der Waals surface area (Å²) in [6.07, 6.45) is 2.56. The molecular weight excluding hydrogens is 402 g/mol. The third-order valence-corrected chi connectivity index (χ3v) is 6.23. The summed E-state index contributed by atoms with van der Waals surface area (Å²) in [7, 11) is 0. The Balaban J connectivity index is 1.37. The van der Waals surface area contributed by atoms with Gasteiger partial charge in [0.05, 0.1) is 11.0 Å². The predicted octanol–water partition coefficient (Wildman–Crippen LogP) is 3.73. The summed E-state index contributed by atoms with van der Waals surface area (Å²) in [4.78, 5) is 32.3. The Kier molecular flexibility index (Phi) is 6.73. The number of nitrogens with one attached hydrogen (secondary N) is 2. The smallest absolute Gasteiger partial charge is 0.324 e. The number of rotatable bonds is 8. The molecule has 2 N–H and O–H groups in total. The van der Waals surface area contributed by atoms with Crippen LogP contribution in [0.25, 0.3) is 11.0 Å². The van der Waals surface area contributed by atoms with Gasteiger partial charge in [-0.1, -0.05) is 62.7 Å². The van der Waals surface area contributed by atoms with E-state index in [0.717, 1.165) is 30.3 Å². The van der Waals surface area contributed by atoms with E-state index in [4.69, 9.17) is 0 Å². The number of amides is 3. The molecule has 7 nitrogen and oxygen atoms in total. The van der Waals surface area contributed by atoms with Crippen molar-refractivity contribution in [2.24, 2.45) is 5.92 Å². The third kappa shape index (κ3) is 4.61. The number of para-hydroxylation sites is 2. The molecule has 1 aromatic heterocycles. The Morgan fingerprint density at radius 2 is 1.81 bits per heavy atom. The zero-order valence-electron chi connectivity index (χ0n) is 18.8. The molecule has 32 heavy (non-hydrogen) atoms. The van der Waals surface area contributed by atoms with Crippen LogP contribution in [-0.2, 0) is 17.8 Å². The molecule has 2 heterocycles. The number of aromatic nitrogens is 2. The lowest BCUT2D eigenvalue weighted by Gasteiger charge is -2.26. The Bertz CT molecular complexity index is 1080. The molecule has 0 aliphatic carbocycles. The van der Waals surface area contributed by atoms with Crippen molar-refractivity contribution in [2.75, 3.05) is 18.0 Å². The first-order chi connectivity index (χ1) is 15.6. The minimum atomic E-state index is -0.581. The highest BCUT2D eigenvalue weighted by molar-refractivity contribution is 5.96. The van der Waals surface area contributed by atoms with E-state index in [1.54, 1.807) is 4.90 Å².